The quantitative estimate of drug-likeness (QED) is 0.915. The molecule has 0 spiro atoms. The molecule has 0 aromatic heterocycles. The maximum absolute atomic E-state index is 5.52. The monoisotopic (exact) mass is 285 g/mol. The van der Waals surface area contributed by atoms with E-state index in [0.717, 1.165) is 29.4 Å². The molecule has 0 fully saturated rings. The number of rotatable bonds is 5. The van der Waals surface area contributed by atoms with Crippen LogP contribution in [-0.2, 0) is 6.54 Å². The molecule has 1 aliphatic rings. The van der Waals surface area contributed by atoms with E-state index in [4.69, 9.17) is 14.2 Å². The molecule has 0 aliphatic carbocycles. The lowest BCUT2D eigenvalue weighted by atomic mass is 10.1. The van der Waals surface area contributed by atoms with Crippen molar-refractivity contribution in [1.82, 2.24) is 5.32 Å². The van der Waals surface area contributed by atoms with Gasteiger partial charge in [-0.2, -0.15) is 0 Å². The van der Waals surface area contributed by atoms with Crippen molar-refractivity contribution < 1.29 is 14.2 Å². The zero-order valence-electron chi connectivity index (χ0n) is 12.3. The highest BCUT2D eigenvalue weighted by Crippen LogP contribution is 2.35. The molecular formula is C17H19NO3. The number of benzene rings is 2. The molecule has 1 N–H and O–H groups in total. The molecule has 4 heteroatoms. The zero-order valence-corrected chi connectivity index (χ0v) is 12.3. The summed E-state index contributed by atoms with van der Waals surface area (Å²) in [5.74, 6) is 2.55. The number of para-hydroxylation sites is 1. The van der Waals surface area contributed by atoms with Crippen molar-refractivity contribution in [3.8, 4) is 17.2 Å². The van der Waals surface area contributed by atoms with Crippen molar-refractivity contribution in [2.24, 2.45) is 0 Å². The number of ether oxygens (including phenoxy) is 3. The molecule has 1 atom stereocenters. The molecule has 4 nitrogen and oxygen atoms in total. The first-order valence-electron chi connectivity index (χ1n) is 7.03. The standard InChI is InChI=1S/C17H19NO3/c1-12(13-6-8-15(19-2)9-7-13)18-10-14-4-3-5-16-17(14)21-11-20-16/h3-9,12,18H,10-11H2,1-2H3/t12-/m0/s1. The van der Waals surface area contributed by atoms with E-state index in [0.29, 0.717) is 6.79 Å². The first kappa shape index (κ1) is 13.8. The molecule has 0 unspecified atom stereocenters. The van der Waals surface area contributed by atoms with Crippen molar-refractivity contribution >= 4 is 0 Å². The van der Waals surface area contributed by atoms with E-state index in [1.807, 2.05) is 24.3 Å². The van der Waals surface area contributed by atoms with E-state index in [9.17, 15) is 0 Å². The van der Waals surface area contributed by atoms with Crippen LogP contribution in [0.15, 0.2) is 42.5 Å². The van der Waals surface area contributed by atoms with Crippen LogP contribution in [0.5, 0.6) is 17.2 Å². The van der Waals surface area contributed by atoms with Crippen LogP contribution in [0.1, 0.15) is 24.1 Å². The third kappa shape index (κ3) is 2.95. The van der Waals surface area contributed by atoms with E-state index in [2.05, 4.69) is 30.4 Å². The van der Waals surface area contributed by atoms with Gasteiger partial charge in [-0.05, 0) is 30.7 Å². The average molecular weight is 285 g/mol. The second-order valence-corrected chi connectivity index (χ2v) is 5.03. The SMILES string of the molecule is COc1ccc([C@H](C)NCc2cccc3c2OCO3)cc1. The molecule has 3 rings (SSSR count). The lowest BCUT2D eigenvalue weighted by Crippen LogP contribution is -2.18. The molecule has 0 radical (unpaired) electrons. The topological polar surface area (TPSA) is 39.7 Å². The molecule has 21 heavy (non-hydrogen) atoms. The Morgan fingerprint density at radius 3 is 2.71 bits per heavy atom. The number of hydrogen-bond acceptors (Lipinski definition) is 4. The second-order valence-electron chi connectivity index (χ2n) is 5.03. The fourth-order valence-corrected chi connectivity index (χ4v) is 2.40. The van der Waals surface area contributed by atoms with Gasteiger partial charge in [0.1, 0.15) is 5.75 Å². The highest BCUT2D eigenvalue weighted by Gasteiger charge is 2.17. The molecule has 1 aliphatic heterocycles. The van der Waals surface area contributed by atoms with Gasteiger partial charge in [-0.3, -0.25) is 0 Å². The van der Waals surface area contributed by atoms with Crippen LogP contribution in [0, 0.1) is 0 Å². The summed E-state index contributed by atoms with van der Waals surface area (Å²) < 4.78 is 16.1. The molecule has 0 saturated heterocycles. The van der Waals surface area contributed by atoms with Crippen LogP contribution in [0.25, 0.3) is 0 Å². The minimum atomic E-state index is 0.245. The van der Waals surface area contributed by atoms with Crippen LogP contribution in [-0.4, -0.2) is 13.9 Å². The molecular weight excluding hydrogens is 266 g/mol. The van der Waals surface area contributed by atoms with Crippen LogP contribution in [0.3, 0.4) is 0 Å². The van der Waals surface area contributed by atoms with Crippen LogP contribution >= 0.6 is 0 Å². The summed E-state index contributed by atoms with van der Waals surface area (Å²) in [5, 5.41) is 3.51. The molecule has 0 bridgehead atoms. The summed E-state index contributed by atoms with van der Waals surface area (Å²) in [4.78, 5) is 0. The average Bonchev–Trinajstić information content (AvgIpc) is 3.02. The molecule has 1 heterocycles. The second kappa shape index (κ2) is 6.06. The molecule has 110 valence electrons. The summed E-state index contributed by atoms with van der Waals surface area (Å²) in [5.41, 5.74) is 2.34. The molecule has 2 aromatic rings. The van der Waals surface area contributed by atoms with Gasteiger partial charge in [0.15, 0.2) is 11.5 Å². The van der Waals surface area contributed by atoms with E-state index < -0.39 is 0 Å². The van der Waals surface area contributed by atoms with Gasteiger partial charge in [-0.25, -0.2) is 0 Å². The van der Waals surface area contributed by atoms with E-state index in [-0.39, 0.29) is 6.04 Å². The Morgan fingerprint density at radius 1 is 1.14 bits per heavy atom. The van der Waals surface area contributed by atoms with Gasteiger partial charge in [0.2, 0.25) is 6.79 Å². The van der Waals surface area contributed by atoms with Gasteiger partial charge in [0.25, 0.3) is 0 Å². The predicted octanol–water partition coefficient (Wildman–Crippen LogP) is 3.27. The summed E-state index contributed by atoms with van der Waals surface area (Å²) in [6.45, 7) is 3.18. The highest BCUT2D eigenvalue weighted by atomic mass is 16.7. The van der Waals surface area contributed by atoms with Gasteiger partial charge >= 0.3 is 0 Å². The smallest absolute Gasteiger partial charge is 0.231 e. The van der Waals surface area contributed by atoms with Crippen molar-refractivity contribution in [2.75, 3.05) is 13.9 Å². The molecule has 2 aromatic carbocycles. The maximum Gasteiger partial charge on any atom is 0.231 e. The first-order valence-corrected chi connectivity index (χ1v) is 7.03. The summed E-state index contributed by atoms with van der Waals surface area (Å²) in [7, 11) is 1.68. The minimum Gasteiger partial charge on any atom is -0.497 e. The maximum atomic E-state index is 5.52. The Bertz CT molecular complexity index is 610. The zero-order chi connectivity index (χ0) is 14.7. The normalized spacial score (nSPS) is 14.0. The van der Waals surface area contributed by atoms with Crippen molar-refractivity contribution in [3.63, 3.8) is 0 Å². The number of methoxy groups -OCH3 is 1. The van der Waals surface area contributed by atoms with Crippen LogP contribution in [0.4, 0.5) is 0 Å². The fourth-order valence-electron chi connectivity index (χ4n) is 2.40. The summed E-state index contributed by atoms with van der Waals surface area (Å²) >= 11 is 0. The number of fused-ring (bicyclic) bond motifs is 1. The van der Waals surface area contributed by atoms with Gasteiger partial charge in [-0.15, -0.1) is 0 Å². The Morgan fingerprint density at radius 2 is 1.95 bits per heavy atom. The van der Waals surface area contributed by atoms with Crippen molar-refractivity contribution in [3.05, 3.63) is 53.6 Å². The Kier molecular flexibility index (Phi) is 3.97. The first-order chi connectivity index (χ1) is 10.3. The lowest BCUT2D eigenvalue weighted by Gasteiger charge is -2.15. The third-order valence-corrected chi connectivity index (χ3v) is 3.69. The van der Waals surface area contributed by atoms with Gasteiger partial charge in [0, 0.05) is 18.2 Å². The van der Waals surface area contributed by atoms with Crippen LogP contribution < -0.4 is 19.5 Å². The fraction of sp³-hybridized carbons (Fsp3) is 0.294. The minimum absolute atomic E-state index is 0.245. The molecule has 0 saturated carbocycles. The summed E-state index contributed by atoms with van der Waals surface area (Å²) in [6.07, 6.45) is 0. The third-order valence-electron chi connectivity index (χ3n) is 3.69. The largest absolute Gasteiger partial charge is 0.497 e. The van der Waals surface area contributed by atoms with Crippen molar-refractivity contribution in [1.29, 1.82) is 0 Å². The van der Waals surface area contributed by atoms with Crippen LogP contribution in [0.2, 0.25) is 0 Å². The summed E-state index contributed by atoms with van der Waals surface area (Å²) in [6, 6.07) is 14.3. The van der Waals surface area contributed by atoms with E-state index in [1.165, 1.54) is 5.56 Å². The Labute approximate surface area is 124 Å². The predicted molar refractivity (Wildman–Crippen MR) is 80.8 cm³/mol. The lowest BCUT2D eigenvalue weighted by molar-refractivity contribution is 0.173. The Hall–Kier alpha value is -2.20. The molecule has 0 amide bonds. The highest BCUT2D eigenvalue weighted by molar-refractivity contribution is 5.48. The van der Waals surface area contributed by atoms with Crippen molar-refractivity contribution in [2.45, 2.75) is 19.5 Å². The number of hydrogen-bond donors (Lipinski definition) is 1. The Balaban J connectivity index is 1.65. The van der Waals surface area contributed by atoms with E-state index >= 15 is 0 Å². The van der Waals surface area contributed by atoms with Gasteiger partial charge in [-0.1, -0.05) is 24.3 Å². The van der Waals surface area contributed by atoms with E-state index in [1.54, 1.807) is 7.11 Å². The van der Waals surface area contributed by atoms with Gasteiger partial charge in [0.05, 0.1) is 7.11 Å². The van der Waals surface area contributed by atoms with Gasteiger partial charge < -0.3 is 19.5 Å². The number of nitrogens with one attached hydrogen (secondary N) is 1.